The van der Waals surface area contributed by atoms with Gasteiger partial charge < -0.3 is 11.1 Å². The second-order valence-electron chi connectivity index (χ2n) is 7.32. The van der Waals surface area contributed by atoms with Gasteiger partial charge in [-0.25, -0.2) is 0 Å². The van der Waals surface area contributed by atoms with Crippen LogP contribution < -0.4 is 11.1 Å². The van der Waals surface area contributed by atoms with Crippen LogP contribution in [0.4, 0.5) is 5.00 Å². The van der Waals surface area contributed by atoms with Gasteiger partial charge in [-0.2, -0.15) is 0 Å². The molecule has 2 heterocycles. The Balaban J connectivity index is 1.40. The highest BCUT2D eigenvalue weighted by Crippen LogP contribution is 2.24. The second-order valence-corrected chi connectivity index (χ2v) is 8.24. The molecule has 1 aromatic carbocycles. The van der Waals surface area contributed by atoms with Crippen LogP contribution in [-0.4, -0.2) is 36.3 Å². The molecule has 6 heteroatoms. The van der Waals surface area contributed by atoms with Crippen LogP contribution in [0.1, 0.15) is 40.7 Å². The summed E-state index contributed by atoms with van der Waals surface area (Å²) in [6, 6.07) is 10.4. The van der Waals surface area contributed by atoms with Crippen molar-refractivity contribution in [3.8, 4) is 0 Å². The predicted octanol–water partition coefficient (Wildman–Crippen LogP) is 3.44. The maximum atomic E-state index is 12.3. The van der Waals surface area contributed by atoms with E-state index in [0.717, 1.165) is 38.3 Å². The molecule has 3 N–H and O–H groups in total. The number of benzene rings is 1. The minimum atomic E-state index is -0.513. The number of thiophene rings is 1. The van der Waals surface area contributed by atoms with Crippen molar-refractivity contribution in [3.05, 3.63) is 52.4 Å². The number of aryl methyl sites for hydroxylation is 2. The number of anilines is 1. The number of hydrogen-bond donors (Lipinski definition) is 2. The molecule has 0 unspecified atom stereocenters. The third-order valence-corrected chi connectivity index (χ3v) is 6.05. The lowest BCUT2D eigenvalue weighted by molar-refractivity contribution is -0.117. The van der Waals surface area contributed by atoms with Crippen molar-refractivity contribution in [2.75, 3.05) is 25.0 Å². The Morgan fingerprint density at radius 2 is 1.89 bits per heavy atom. The highest BCUT2D eigenvalue weighted by molar-refractivity contribution is 7.14. The van der Waals surface area contributed by atoms with Gasteiger partial charge in [-0.05, 0) is 68.6 Å². The van der Waals surface area contributed by atoms with Crippen molar-refractivity contribution < 1.29 is 9.59 Å². The van der Waals surface area contributed by atoms with E-state index in [1.54, 1.807) is 11.4 Å². The average Bonchev–Trinajstić information content (AvgIpc) is 3.11. The quantitative estimate of drug-likeness (QED) is 0.767. The first-order valence-corrected chi connectivity index (χ1v) is 10.3. The van der Waals surface area contributed by atoms with Gasteiger partial charge in [0.1, 0.15) is 5.00 Å². The summed E-state index contributed by atoms with van der Waals surface area (Å²) < 4.78 is 0. The fourth-order valence-electron chi connectivity index (χ4n) is 3.53. The lowest BCUT2D eigenvalue weighted by atomic mass is 9.90. The van der Waals surface area contributed by atoms with Crippen molar-refractivity contribution in [2.45, 2.75) is 32.6 Å². The Labute approximate surface area is 164 Å². The number of hydrogen-bond acceptors (Lipinski definition) is 4. The zero-order valence-corrected chi connectivity index (χ0v) is 16.6. The predicted molar refractivity (Wildman–Crippen MR) is 110 cm³/mol. The van der Waals surface area contributed by atoms with E-state index in [1.807, 2.05) is 0 Å². The number of carbonyl (C=O) groups excluding carboxylic acids is 2. The van der Waals surface area contributed by atoms with Crippen molar-refractivity contribution in [1.82, 2.24) is 4.90 Å². The molecule has 1 aromatic heterocycles. The molecular formula is C21H27N3O2S. The first-order chi connectivity index (χ1) is 13.0. The molecule has 0 bridgehead atoms. The molecule has 27 heavy (non-hydrogen) atoms. The Hall–Kier alpha value is -2.18. The summed E-state index contributed by atoms with van der Waals surface area (Å²) >= 11 is 1.32. The maximum absolute atomic E-state index is 12.3. The van der Waals surface area contributed by atoms with Crippen LogP contribution in [0.15, 0.2) is 35.7 Å². The minimum absolute atomic E-state index is 0.0851. The normalized spacial score (nSPS) is 15.6. The van der Waals surface area contributed by atoms with Gasteiger partial charge in [0.05, 0.1) is 12.1 Å². The van der Waals surface area contributed by atoms with Crippen LogP contribution in [0.25, 0.3) is 0 Å². The number of primary amides is 1. The second kappa shape index (κ2) is 9.15. The lowest BCUT2D eigenvalue weighted by Crippen LogP contribution is -2.39. The van der Waals surface area contributed by atoms with Gasteiger partial charge in [-0.3, -0.25) is 14.5 Å². The smallest absolute Gasteiger partial charge is 0.251 e. The molecule has 0 atom stereocenters. The number of nitrogens with one attached hydrogen (secondary N) is 1. The Bertz CT molecular complexity index is 777. The number of nitrogens with zero attached hydrogens (tertiary/aromatic N) is 1. The number of amides is 2. The molecule has 0 spiro atoms. The van der Waals surface area contributed by atoms with E-state index < -0.39 is 5.91 Å². The van der Waals surface area contributed by atoms with E-state index in [0.29, 0.717) is 17.1 Å². The van der Waals surface area contributed by atoms with Crippen LogP contribution in [-0.2, 0) is 11.2 Å². The largest absolute Gasteiger partial charge is 0.366 e. The van der Waals surface area contributed by atoms with Gasteiger partial charge in [-0.15, -0.1) is 11.3 Å². The van der Waals surface area contributed by atoms with Crippen LogP contribution in [0.5, 0.6) is 0 Å². The Kier molecular flexibility index (Phi) is 6.63. The fraction of sp³-hybridized carbons (Fsp3) is 0.429. The van der Waals surface area contributed by atoms with E-state index in [9.17, 15) is 9.59 Å². The molecule has 3 rings (SSSR count). The molecule has 1 aliphatic heterocycles. The van der Waals surface area contributed by atoms with Crippen LogP contribution >= 0.6 is 11.3 Å². The molecule has 1 saturated heterocycles. The number of likely N-dealkylation sites (tertiary alicyclic amines) is 1. The molecule has 144 valence electrons. The molecule has 1 fully saturated rings. The zero-order valence-electron chi connectivity index (χ0n) is 15.7. The van der Waals surface area contributed by atoms with Crippen LogP contribution in [0, 0.1) is 12.8 Å². The van der Waals surface area contributed by atoms with Gasteiger partial charge in [-0.1, -0.05) is 29.8 Å². The summed E-state index contributed by atoms with van der Waals surface area (Å²) in [6.45, 7) is 4.36. The first-order valence-electron chi connectivity index (χ1n) is 9.46. The van der Waals surface area contributed by atoms with Gasteiger partial charge in [0.2, 0.25) is 5.91 Å². The lowest BCUT2D eigenvalue weighted by Gasteiger charge is -2.31. The number of nitrogens with two attached hydrogens (primary N) is 1. The monoisotopic (exact) mass is 385 g/mol. The molecule has 1 aliphatic rings. The van der Waals surface area contributed by atoms with E-state index in [1.165, 1.54) is 28.9 Å². The minimum Gasteiger partial charge on any atom is -0.366 e. The van der Waals surface area contributed by atoms with E-state index in [-0.39, 0.29) is 5.91 Å². The van der Waals surface area contributed by atoms with Gasteiger partial charge in [0.25, 0.3) is 5.91 Å². The molecule has 0 aliphatic carbocycles. The summed E-state index contributed by atoms with van der Waals surface area (Å²) in [5.74, 6) is 0.128. The zero-order chi connectivity index (χ0) is 19.2. The van der Waals surface area contributed by atoms with E-state index in [2.05, 4.69) is 41.4 Å². The average molecular weight is 386 g/mol. The maximum Gasteiger partial charge on any atom is 0.251 e. The standard InChI is InChI=1S/C21H27N3O2S/c1-15-2-4-16(5-3-15)6-7-17-8-11-24(12-9-17)14-19(25)23-21-18(20(22)26)10-13-27-21/h2-5,10,13,17H,6-9,11-12,14H2,1H3,(H2,22,26)(H,23,25). The molecule has 0 saturated carbocycles. The summed E-state index contributed by atoms with van der Waals surface area (Å²) in [4.78, 5) is 25.8. The summed E-state index contributed by atoms with van der Waals surface area (Å²) in [7, 11) is 0. The topological polar surface area (TPSA) is 75.4 Å². The molecular weight excluding hydrogens is 358 g/mol. The summed E-state index contributed by atoms with van der Waals surface area (Å²) in [5, 5.41) is 5.12. The third-order valence-electron chi connectivity index (χ3n) is 5.22. The molecule has 0 radical (unpaired) electrons. The van der Waals surface area contributed by atoms with E-state index in [4.69, 9.17) is 5.73 Å². The van der Waals surface area contributed by atoms with Crippen molar-refractivity contribution in [2.24, 2.45) is 11.7 Å². The van der Waals surface area contributed by atoms with Crippen molar-refractivity contribution in [3.63, 3.8) is 0 Å². The number of rotatable bonds is 7. The van der Waals surface area contributed by atoms with Crippen molar-refractivity contribution in [1.29, 1.82) is 0 Å². The SMILES string of the molecule is Cc1ccc(CCC2CCN(CC(=O)Nc3sccc3C(N)=O)CC2)cc1. The summed E-state index contributed by atoms with van der Waals surface area (Å²) in [5.41, 5.74) is 8.40. The van der Waals surface area contributed by atoms with Crippen LogP contribution in [0.3, 0.4) is 0 Å². The number of carbonyl (C=O) groups is 2. The molecule has 2 amide bonds. The Morgan fingerprint density at radius 1 is 1.19 bits per heavy atom. The number of piperidine rings is 1. The van der Waals surface area contributed by atoms with Crippen LogP contribution in [0.2, 0.25) is 0 Å². The highest BCUT2D eigenvalue weighted by Gasteiger charge is 2.21. The van der Waals surface area contributed by atoms with Crippen molar-refractivity contribution >= 4 is 28.2 Å². The van der Waals surface area contributed by atoms with E-state index >= 15 is 0 Å². The van der Waals surface area contributed by atoms with Gasteiger partial charge >= 0.3 is 0 Å². The van der Waals surface area contributed by atoms with Gasteiger partial charge in [0.15, 0.2) is 0 Å². The Morgan fingerprint density at radius 3 is 2.56 bits per heavy atom. The van der Waals surface area contributed by atoms with Gasteiger partial charge in [0, 0.05) is 0 Å². The molecule has 5 nitrogen and oxygen atoms in total. The third kappa shape index (κ3) is 5.65. The first kappa shape index (κ1) is 19.6. The highest BCUT2D eigenvalue weighted by atomic mass is 32.1. The molecule has 2 aromatic rings. The fourth-order valence-corrected chi connectivity index (χ4v) is 4.34. The summed E-state index contributed by atoms with van der Waals surface area (Å²) in [6.07, 6.45) is 4.59.